The zero-order valence-corrected chi connectivity index (χ0v) is 13.6. The minimum Gasteiger partial charge on any atom is -0.478 e. The summed E-state index contributed by atoms with van der Waals surface area (Å²) in [7, 11) is 0. The van der Waals surface area contributed by atoms with E-state index in [0.29, 0.717) is 17.6 Å². The molecule has 2 heterocycles. The molecule has 2 fully saturated rings. The summed E-state index contributed by atoms with van der Waals surface area (Å²) in [6, 6.07) is 2.62. The summed E-state index contributed by atoms with van der Waals surface area (Å²) in [5.41, 5.74) is -0.581. The Balaban J connectivity index is 1.59. The largest absolute Gasteiger partial charge is 0.478 e. The Hall–Kier alpha value is -2.77. The molecule has 2 aliphatic carbocycles. The van der Waals surface area contributed by atoms with Gasteiger partial charge < -0.3 is 14.9 Å². The summed E-state index contributed by atoms with van der Waals surface area (Å²) in [6.45, 7) is 0. The number of carbonyl (C=O) groups is 2. The molecule has 8 nitrogen and oxygen atoms in total. The number of carboxylic acid groups (broad SMARTS) is 1. The van der Waals surface area contributed by atoms with E-state index in [0.717, 1.165) is 38.5 Å². The fraction of sp³-hybridized carbons (Fsp3) is 0.471. The van der Waals surface area contributed by atoms with E-state index in [1.54, 1.807) is 0 Å². The predicted molar refractivity (Wildman–Crippen MR) is 85.1 cm³/mol. The molecule has 0 atom stereocenters. The van der Waals surface area contributed by atoms with Gasteiger partial charge in [-0.3, -0.25) is 9.78 Å². The van der Waals surface area contributed by atoms with E-state index in [-0.39, 0.29) is 11.3 Å². The van der Waals surface area contributed by atoms with Gasteiger partial charge >= 0.3 is 5.97 Å². The number of rotatable bonds is 5. The molecule has 0 aliphatic heterocycles. The van der Waals surface area contributed by atoms with Crippen LogP contribution in [0.5, 0.6) is 0 Å². The SMILES string of the molecule is O=C(O)c1ccnc(C(=O)NC2(c3noc(C4CC4)n3)CCCC2)c1. The van der Waals surface area contributed by atoms with Crippen molar-refractivity contribution in [3.05, 3.63) is 41.3 Å². The lowest BCUT2D eigenvalue weighted by Gasteiger charge is -2.26. The average molecular weight is 342 g/mol. The smallest absolute Gasteiger partial charge is 0.335 e. The second-order valence-corrected chi connectivity index (χ2v) is 6.71. The van der Waals surface area contributed by atoms with E-state index in [9.17, 15) is 9.59 Å². The Morgan fingerprint density at radius 2 is 2.04 bits per heavy atom. The van der Waals surface area contributed by atoms with Crippen molar-refractivity contribution >= 4 is 11.9 Å². The van der Waals surface area contributed by atoms with Crippen molar-refractivity contribution in [3.63, 3.8) is 0 Å². The van der Waals surface area contributed by atoms with Gasteiger partial charge in [0.1, 0.15) is 11.2 Å². The molecule has 2 aromatic heterocycles. The highest BCUT2D eigenvalue weighted by Gasteiger charge is 2.43. The van der Waals surface area contributed by atoms with Gasteiger partial charge in [0.2, 0.25) is 5.89 Å². The third-order valence-electron chi connectivity index (χ3n) is 4.85. The molecular weight excluding hydrogens is 324 g/mol. The zero-order chi connectivity index (χ0) is 17.4. The zero-order valence-electron chi connectivity index (χ0n) is 13.6. The van der Waals surface area contributed by atoms with Gasteiger partial charge in [0.25, 0.3) is 5.91 Å². The van der Waals surface area contributed by atoms with E-state index in [1.807, 2.05) is 0 Å². The molecular formula is C17H18N4O4. The molecule has 1 amide bonds. The van der Waals surface area contributed by atoms with Gasteiger partial charge in [0.05, 0.1) is 5.56 Å². The van der Waals surface area contributed by atoms with Crippen LogP contribution in [0, 0.1) is 0 Å². The molecule has 0 aromatic carbocycles. The molecule has 25 heavy (non-hydrogen) atoms. The monoisotopic (exact) mass is 342 g/mol. The second-order valence-electron chi connectivity index (χ2n) is 6.71. The fourth-order valence-electron chi connectivity index (χ4n) is 3.28. The van der Waals surface area contributed by atoms with Crippen molar-refractivity contribution in [2.24, 2.45) is 0 Å². The van der Waals surface area contributed by atoms with Crippen LogP contribution < -0.4 is 5.32 Å². The molecule has 2 saturated carbocycles. The molecule has 0 bridgehead atoms. The molecule has 2 aliphatic rings. The summed E-state index contributed by atoms with van der Waals surface area (Å²) < 4.78 is 5.36. The summed E-state index contributed by atoms with van der Waals surface area (Å²) in [4.78, 5) is 32.2. The van der Waals surface area contributed by atoms with Gasteiger partial charge in [-0.15, -0.1) is 0 Å². The highest BCUT2D eigenvalue weighted by molar-refractivity contribution is 5.96. The van der Waals surface area contributed by atoms with Crippen LogP contribution in [0.4, 0.5) is 0 Å². The summed E-state index contributed by atoms with van der Waals surface area (Å²) in [6.07, 6.45) is 6.80. The third-order valence-corrected chi connectivity index (χ3v) is 4.85. The quantitative estimate of drug-likeness (QED) is 0.855. The normalized spacial score (nSPS) is 18.9. The van der Waals surface area contributed by atoms with Crippen LogP contribution in [0.3, 0.4) is 0 Å². The number of nitrogens with one attached hydrogen (secondary N) is 1. The van der Waals surface area contributed by atoms with E-state index < -0.39 is 17.4 Å². The Bertz CT molecular complexity index is 822. The molecule has 130 valence electrons. The molecule has 0 spiro atoms. The van der Waals surface area contributed by atoms with Crippen LogP contribution in [0.2, 0.25) is 0 Å². The standard InChI is InChI=1S/C17H18N4O4/c22-13(12-9-11(15(23)24)5-8-18-12)20-17(6-1-2-7-17)16-19-14(25-21-16)10-3-4-10/h5,8-10H,1-4,6-7H2,(H,20,22)(H,23,24). The molecule has 0 radical (unpaired) electrons. The first-order valence-corrected chi connectivity index (χ1v) is 8.43. The van der Waals surface area contributed by atoms with E-state index in [1.165, 1.54) is 18.3 Å². The second kappa shape index (κ2) is 5.94. The maximum Gasteiger partial charge on any atom is 0.335 e. The van der Waals surface area contributed by atoms with Gasteiger partial charge in [-0.2, -0.15) is 4.98 Å². The minimum absolute atomic E-state index is 0.0243. The molecule has 8 heteroatoms. The number of pyridine rings is 1. The minimum atomic E-state index is -1.10. The first-order chi connectivity index (χ1) is 12.1. The van der Waals surface area contributed by atoms with E-state index in [2.05, 4.69) is 20.4 Å². The van der Waals surface area contributed by atoms with Crippen molar-refractivity contribution in [1.29, 1.82) is 0 Å². The maximum atomic E-state index is 12.7. The molecule has 2 aromatic rings. The highest BCUT2D eigenvalue weighted by atomic mass is 16.5. The summed E-state index contributed by atoms with van der Waals surface area (Å²) in [5, 5.41) is 16.2. The van der Waals surface area contributed by atoms with Crippen molar-refractivity contribution in [3.8, 4) is 0 Å². The number of amides is 1. The molecule has 0 unspecified atom stereocenters. The number of hydrogen-bond acceptors (Lipinski definition) is 6. The van der Waals surface area contributed by atoms with Gasteiger partial charge in [-0.25, -0.2) is 4.79 Å². The summed E-state index contributed by atoms with van der Waals surface area (Å²) >= 11 is 0. The van der Waals surface area contributed by atoms with Gasteiger partial charge in [0.15, 0.2) is 5.82 Å². The number of hydrogen-bond donors (Lipinski definition) is 2. The predicted octanol–water partition coefficient (Wildman–Crippen LogP) is 2.24. The first-order valence-electron chi connectivity index (χ1n) is 8.43. The van der Waals surface area contributed by atoms with Crippen molar-refractivity contribution in [1.82, 2.24) is 20.4 Å². The Morgan fingerprint density at radius 1 is 1.28 bits per heavy atom. The first kappa shape index (κ1) is 15.7. The van der Waals surface area contributed by atoms with E-state index >= 15 is 0 Å². The van der Waals surface area contributed by atoms with Crippen molar-refractivity contribution in [2.45, 2.75) is 50.0 Å². The topological polar surface area (TPSA) is 118 Å². The maximum absolute atomic E-state index is 12.7. The van der Waals surface area contributed by atoms with Crippen molar-refractivity contribution in [2.75, 3.05) is 0 Å². The summed E-state index contributed by atoms with van der Waals surface area (Å²) in [5.74, 6) is -0.0254. The van der Waals surface area contributed by atoms with Gasteiger partial charge in [-0.05, 0) is 37.8 Å². The number of aromatic nitrogens is 3. The number of carboxylic acids is 1. The molecule has 4 rings (SSSR count). The highest BCUT2D eigenvalue weighted by Crippen LogP contribution is 2.42. The Kier molecular flexibility index (Phi) is 3.74. The molecule has 2 N–H and O–H groups in total. The number of aromatic carboxylic acids is 1. The van der Waals surface area contributed by atoms with E-state index in [4.69, 9.17) is 9.63 Å². The lowest BCUT2D eigenvalue weighted by molar-refractivity contribution is 0.0696. The van der Waals surface area contributed by atoms with Crippen LogP contribution in [-0.2, 0) is 5.54 Å². The molecule has 0 saturated heterocycles. The van der Waals surface area contributed by atoms with Crippen LogP contribution in [0.25, 0.3) is 0 Å². The van der Waals surface area contributed by atoms with Crippen LogP contribution in [0.1, 0.15) is 77.0 Å². The lowest BCUT2D eigenvalue weighted by atomic mass is 9.96. The Morgan fingerprint density at radius 3 is 2.72 bits per heavy atom. The van der Waals surface area contributed by atoms with Crippen LogP contribution in [0.15, 0.2) is 22.9 Å². The van der Waals surface area contributed by atoms with Gasteiger partial charge in [0, 0.05) is 12.1 Å². The third kappa shape index (κ3) is 2.99. The van der Waals surface area contributed by atoms with Crippen LogP contribution >= 0.6 is 0 Å². The number of nitrogens with zero attached hydrogens (tertiary/aromatic N) is 3. The number of carbonyl (C=O) groups excluding carboxylic acids is 1. The Labute approximate surface area is 143 Å². The van der Waals surface area contributed by atoms with Crippen molar-refractivity contribution < 1.29 is 19.2 Å². The van der Waals surface area contributed by atoms with Crippen LogP contribution in [-0.4, -0.2) is 32.1 Å². The average Bonchev–Trinajstić information content (AvgIpc) is 3.15. The lowest BCUT2D eigenvalue weighted by Crippen LogP contribution is -2.45. The fourth-order valence-corrected chi connectivity index (χ4v) is 3.28. The van der Waals surface area contributed by atoms with Gasteiger partial charge in [-0.1, -0.05) is 18.0 Å².